The average molecular weight is 360 g/mol. The summed E-state index contributed by atoms with van der Waals surface area (Å²) in [5, 5.41) is 10.8. The van der Waals surface area contributed by atoms with Gasteiger partial charge in [0.25, 0.3) is 5.79 Å². The fourth-order valence-electron chi connectivity index (χ4n) is 2.71. The zero-order valence-electron chi connectivity index (χ0n) is 16.8. The van der Waals surface area contributed by atoms with Crippen LogP contribution in [0.5, 0.6) is 5.75 Å². The van der Waals surface area contributed by atoms with Crippen LogP contribution in [0.2, 0.25) is 0 Å². The minimum Gasteiger partial charge on any atom is -0.507 e. The normalized spacial score (nSPS) is 17.6. The molecule has 1 aromatic rings. The van der Waals surface area contributed by atoms with Crippen molar-refractivity contribution in [3.05, 3.63) is 34.4 Å². The Labute approximate surface area is 155 Å². The molecule has 0 saturated carbocycles. The van der Waals surface area contributed by atoms with Crippen LogP contribution in [0.4, 0.5) is 0 Å². The molecule has 0 spiro atoms. The first-order valence-corrected chi connectivity index (χ1v) is 8.68. The Balaban J connectivity index is 2.66. The molecule has 5 heteroatoms. The maximum absolute atomic E-state index is 12.2. The highest BCUT2D eigenvalue weighted by molar-refractivity contribution is 6.19. The molecule has 1 aliphatic heterocycles. The Morgan fingerprint density at radius 2 is 1.42 bits per heavy atom. The van der Waals surface area contributed by atoms with E-state index in [-0.39, 0.29) is 22.2 Å². The highest BCUT2D eigenvalue weighted by Gasteiger charge is 2.39. The van der Waals surface area contributed by atoms with Crippen molar-refractivity contribution in [1.29, 1.82) is 0 Å². The molecule has 1 aromatic carbocycles. The predicted molar refractivity (Wildman–Crippen MR) is 99.7 cm³/mol. The third kappa shape index (κ3) is 4.09. The van der Waals surface area contributed by atoms with Crippen molar-refractivity contribution < 1.29 is 24.2 Å². The van der Waals surface area contributed by atoms with E-state index in [2.05, 4.69) is 20.8 Å². The molecule has 0 aromatic heterocycles. The number of rotatable bonds is 1. The van der Waals surface area contributed by atoms with Crippen molar-refractivity contribution in [2.24, 2.45) is 0 Å². The lowest BCUT2D eigenvalue weighted by Gasteiger charge is -2.30. The van der Waals surface area contributed by atoms with E-state index in [4.69, 9.17) is 9.47 Å². The molecule has 0 atom stereocenters. The van der Waals surface area contributed by atoms with Gasteiger partial charge in [0.1, 0.15) is 11.3 Å². The molecule has 26 heavy (non-hydrogen) atoms. The molecule has 0 aliphatic carbocycles. The molecule has 5 nitrogen and oxygen atoms in total. The van der Waals surface area contributed by atoms with Gasteiger partial charge in [-0.3, -0.25) is 0 Å². The lowest BCUT2D eigenvalue weighted by Crippen LogP contribution is -2.41. The van der Waals surface area contributed by atoms with E-state index >= 15 is 0 Å². The molecular formula is C21H28O5. The molecule has 0 unspecified atom stereocenters. The molecule has 2 rings (SSSR count). The first-order valence-electron chi connectivity index (χ1n) is 8.68. The average Bonchev–Trinajstić information content (AvgIpc) is 2.40. The monoisotopic (exact) mass is 360 g/mol. The summed E-state index contributed by atoms with van der Waals surface area (Å²) >= 11 is 0. The minimum atomic E-state index is -1.29. The summed E-state index contributed by atoms with van der Waals surface area (Å²) in [4.78, 5) is 24.5. The van der Waals surface area contributed by atoms with Gasteiger partial charge < -0.3 is 14.6 Å². The number of benzene rings is 1. The van der Waals surface area contributed by atoms with Gasteiger partial charge in [0.15, 0.2) is 0 Å². The van der Waals surface area contributed by atoms with Crippen LogP contribution in [0.1, 0.15) is 72.1 Å². The quantitative estimate of drug-likeness (QED) is 0.461. The van der Waals surface area contributed by atoms with E-state index in [0.29, 0.717) is 5.56 Å². The maximum Gasteiger partial charge on any atom is 0.348 e. The van der Waals surface area contributed by atoms with Crippen molar-refractivity contribution in [1.82, 2.24) is 0 Å². The Hall–Kier alpha value is -2.30. The Morgan fingerprint density at radius 1 is 0.923 bits per heavy atom. The summed E-state index contributed by atoms with van der Waals surface area (Å²) in [6.45, 7) is 15.2. The summed E-state index contributed by atoms with van der Waals surface area (Å²) in [6.07, 6.45) is 1.35. The number of phenolic OH excluding ortho intramolecular Hbond substituents is 1. The fourth-order valence-corrected chi connectivity index (χ4v) is 2.71. The topological polar surface area (TPSA) is 72.8 Å². The number of hydrogen-bond donors (Lipinski definition) is 1. The number of ether oxygens (including phenoxy) is 2. The third-order valence-electron chi connectivity index (χ3n) is 4.23. The van der Waals surface area contributed by atoms with Crippen LogP contribution >= 0.6 is 0 Å². The van der Waals surface area contributed by atoms with E-state index in [0.717, 1.165) is 11.1 Å². The van der Waals surface area contributed by atoms with Crippen molar-refractivity contribution in [3.63, 3.8) is 0 Å². The highest BCUT2D eigenvalue weighted by atomic mass is 16.7. The molecule has 1 aliphatic rings. The molecule has 1 fully saturated rings. The lowest BCUT2D eigenvalue weighted by atomic mass is 9.78. The van der Waals surface area contributed by atoms with Crippen LogP contribution in [0.15, 0.2) is 17.7 Å². The molecule has 0 radical (unpaired) electrons. The number of carbonyl (C=O) groups is 2. The van der Waals surface area contributed by atoms with E-state index < -0.39 is 17.7 Å². The van der Waals surface area contributed by atoms with Crippen LogP contribution in [-0.4, -0.2) is 22.8 Å². The second kappa shape index (κ2) is 6.15. The second-order valence-electron chi connectivity index (χ2n) is 9.20. The summed E-state index contributed by atoms with van der Waals surface area (Å²) in [7, 11) is 0. The zero-order chi connectivity index (χ0) is 20.1. The number of aromatic hydroxyl groups is 1. The van der Waals surface area contributed by atoms with Gasteiger partial charge in [0, 0.05) is 25.0 Å². The van der Waals surface area contributed by atoms with Gasteiger partial charge in [-0.2, -0.15) is 0 Å². The van der Waals surface area contributed by atoms with Crippen LogP contribution in [0, 0.1) is 0 Å². The van der Waals surface area contributed by atoms with E-state index in [9.17, 15) is 14.7 Å². The number of cyclic esters (lactones) is 2. The van der Waals surface area contributed by atoms with Gasteiger partial charge in [-0.1, -0.05) is 47.6 Å². The van der Waals surface area contributed by atoms with E-state index in [1.165, 1.54) is 19.9 Å². The number of phenols is 1. The molecule has 0 amide bonds. The van der Waals surface area contributed by atoms with Gasteiger partial charge in [0.05, 0.1) is 0 Å². The molecule has 1 heterocycles. The van der Waals surface area contributed by atoms with Crippen molar-refractivity contribution in [2.75, 3.05) is 0 Å². The smallest absolute Gasteiger partial charge is 0.348 e. The second-order valence-corrected chi connectivity index (χ2v) is 9.20. The van der Waals surface area contributed by atoms with Crippen LogP contribution < -0.4 is 0 Å². The summed E-state index contributed by atoms with van der Waals surface area (Å²) in [5.41, 5.74) is 1.42. The van der Waals surface area contributed by atoms with Crippen molar-refractivity contribution in [2.45, 2.75) is 72.0 Å². The number of hydrogen-bond acceptors (Lipinski definition) is 5. The largest absolute Gasteiger partial charge is 0.507 e. The predicted octanol–water partition coefficient (Wildman–Crippen LogP) is 4.21. The lowest BCUT2D eigenvalue weighted by molar-refractivity contribution is -0.222. The SMILES string of the molecule is CC1(C)OC(=O)C(=Cc2cc(C(C)(C)C)cc(C(C)(C)C)c2O)C(=O)O1. The van der Waals surface area contributed by atoms with E-state index in [1.807, 2.05) is 26.8 Å². The molecule has 0 bridgehead atoms. The van der Waals surface area contributed by atoms with Crippen LogP contribution in [0.3, 0.4) is 0 Å². The Kier molecular flexibility index (Phi) is 4.73. The molecular weight excluding hydrogens is 332 g/mol. The minimum absolute atomic E-state index is 0.0448. The Bertz CT molecular complexity index is 764. The third-order valence-corrected chi connectivity index (χ3v) is 4.23. The summed E-state index contributed by atoms with van der Waals surface area (Å²) < 4.78 is 10.3. The number of carbonyl (C=O) groups excluding carboxylic acids is 2. The van der Waals surface area contributed by atoms with Gasteiger partial charge in [0.2, 0.25) is 0 Å². The van der Waals surface area contributed by atoms with E-state index in [1.54, 1.807) is 6.07 Å². The summed E-state index contributed by atoms with van der Waals surface area (Å²) in [5.74, 6) is -2.77. The van der Waals surface area contributed by atoms with Crippen LogP contribution in [-0.2, 0) is 29.9 Å². The Morgan fingerprint density at radius 3 is 1.85 bits per heavy atom. The van der Waals surface area contributed by atoms with Crippen LogP contribution in [0.25, 0.3) is 6.08 Å². The maximum atomic E-state index is 12.2. The highest BCUT2D eigenvalue weighted by Crippen LogP contribution is 2.39. The van der Waals surface area contributed by atoms with Gasteiger partial charge in [-0.15, -0.1) is 0 Å². The molecule has 1 N–H and O–H groups in total. The number of esters is 2. The molecule has 142 valence electrons. The van der Waals surface area contributed by atoms with Crippen molar-refractivity contribution in [3.8, 4) is 5.75 Å². The first-order chi connectivity index (χ1) is 11.6. The van der Waals surface area contributed by atoms with Gasteiger partial charge in [-0.05, 0) is 28.5 Å². The zero-order valence-corrected chi connectivity index (χ0v) is 16.8. The molecule has 1 saturated heterocycles. The first kappa shape index (κ1) is 20.0. The van der Waals surface area contributed by atoms with Crippen molar-refractivity contribution >= 4 is 18.0 Å². The summed E-state index contributed by atoms with van der Waals surface area (Å²) in [6, 6.07) is 3.76. The van der Waals surface area contributed by atoms with Gasteiger partial charge in [-0.25, -0.2) is 9.59 Å². The van der Waals surface area contributed by atoms with Gasteiger partial charge >= 0.3 is 11.9 Å². The fraction of sp³-hybridized carbons (Fsp3) is 0.524. The standard InChI is InChI=1S/C21H28O5/c1-19(2,3)13-9-12(16(22)15(11-13)20(4,5)6)10-14-17(23)25-21(7,8)26-18(14)24/h9-11,22H,1-8H3.